The van der Waals surface area contributed by atoms with Crippen LogP contribution in [0.15, 0.2) is 25.3 Å². The Morgan fingerprint density at radius 1 is 1.22 bits per heavy atom. The van der Waals surface area contributed by atoms with Gasteiger partial charge in [0, 0.05) is 30.5 Å². The van der Waals surface area contributed by atoms with Gasteiger partial charge in [-0.05, 0) is 39.0 Å². The van der Waals surface area contributed by atoms with Gasteiger partial charge < -0.3 is 24.5 Å². The lowest BCUT2D eigenvalue weighted by Gasteiger charge is -2.40. The van der Waals surface area contributed by atoms with E-state index in [-0.39, 0.29) is 41.1 Å². The normalized spacial score (nSPS) is 31.1. The maximum absolute atomic E-state index is 14.3. The van der Waals surface area contributed by atoms with Gasteiger partial charge in [-0.25, -0.2) is 0 Å². The molecule has 0 aromatic heterocycles. The standard InChI is InChI=1S/C28H44BrN3O5/c1-8-11-30(12-9-2)25(34)21-22-26(35)32(19(16-33)14-17(4)5)24(27(36)31(13-10-3)18(6)7)28(22)15-20(29)23(21)37-28/h8,10,17-24,33H,1,3,9,11-16H2,2,4-7H3/t19-,20?,21-,22+,23-,24?,28?/m1/s1. The fourth-order valence-corrected chi connectivity index (χ4v) is 7.56. The van der Waals surface area contributed by atoms with Crippen molar-refractivity contribution in [3.8, 4) is 0 Å². The van der Waals surface area contributed by atoms with E-state index in [0.29, 0.717) is 32.5 Å². The Bertz CT molecular complexity index is 895. The number of aliphatic hydroxyl groups excluding tert-OH is 1. The molecule has 3 amide bonds. The van der Waals surface area contributed by atoms with Crippen LogP contribution in [0.3, 0.4) is 0 Å². The monoisotopic (exact) mass is 581 g/mol. The molecule has 3 unspecified atom stereocenters. The molecule has 0 aliphatic carbocycles. The summed E-state index contributed by atoms with van der Waals surface area (Å²) in [6.45, 7) is 18.5. The molecule has 7 atom stereocenters. The second kappa shape index (κ2) is 12.0. The van der Waals surface area contributed by atoms with Gasteiger partial charge in [-0.1, -0.05) is 48.9 Å². The molecule has 3 aliphatic rings. The van der Waals surface area contributed by atoms with E-state index in [1.807, 2.05) is 34.6 Å². The molecule has 1 N–H and O–H groups in total. The van der Waals surface area contributed by atoms with Crippen molar-refractivity contribution in [2.75, 3.05) is 26.2 Å². The third kappa shape index (κ3) is 5.15. The van der Waals surface area contributed by atoms with Crippen LogP contribution >= 0.6 is 15.9 Å². The molecule has 3 saturated heterocycles. The lowest BCUT2D eigenvalue weighted by molar-refractivity contribution is -0.153. The summed E-state index contributed by atoms with van der Waals surface area (Å²) >= 11 is 3.73. The first-order valence-electron chi connectivity index (χ1n) is 13.6. The molecule has 9 heteroatoms. The number of carbonyl (C=O) groups excluding carboxylic acids is 3. The third-order valence-electron chi connectivity index (χ3n) is 7.98. The van der Waals surface area contributed by atoms with Gasteiger partial charge in [0.05, 0.1) is 30.6 Å². The SMILES string of the molecule is C=CCN(CCC)C(=O)[C@H]1[C@@H]2OC3(CC2Br)C(C(=O)N(CC=C)C(C)C)N([C@@H](CO)CC(C)C)C(=O)[C@H]13. The zero-order valence-corrected chi connectivity index (χ0v) is 24.5. The van der Waals surface area contributed by atoms with Crippen LogP contribution in [0.2, 0.25) is 0 Å². The minimum Gasteiger partial charge on any atom is -0.394 e. The van der Waals surface area contributed by atoms with Gasteiger partial charge in [0.2, 0.25) is 17.7 Å². The number of fused-ring (bicyclic) bond motifs is 1. The molecule has 8 nitrogen and oxygen atoms in total. The average Bonchev–Trinajstić information content (AvgIpc) is 3.43. The summed E-state index contributed by atoms with van der Waals surface area (Å²) in [4.78, 5) is 47.4. The van der Waals surface area contributed by atoms with Crippen LogP contribution in [0, 0.1) is 17.8 Å². The number of nitrogens with zero attached hydrogens (tertiary/aromatic N) is 3. The number of ether oxygens (including phenoxy) is 1. The lowest BCUT2D eigenvalue weighted by Crippen LogP contribution is -2.60. The number of hydrogen-bond donors (Lipinski definition) is 1. The van der Waals surface area contributed by atoms with Gasteiger partial charge in [-0.3, -0.25) is 14.4 Å². The predicted molar refractivity (Wildman–Crippen MR) is 147 cm³/mol. The highest BCUT2D eigenvalue weighted by Crippen LogP contribution is 2.61. The molecule has 37 heavy (non-hydrogen) atoms. The number of likely N-dealkylation sites (tertiary alicyclic amines) is 1. The molecule has 3 aliphatic heterocycles. The second-order valence-corrected chi connectivity index (χ2v) is 12.5. The van der Waals surface area contributed by atoms with E-state index >= 15 is 0 Å². The smallest absolute Gasteiger partial charge is 0.248 e. The summed E-state index contributed by atoms with van der Waals surface area (Å²) in [5, 5.41) is 10.4. The van der Waals surface area contributed by atoms with Gasteiger partial charge in [0.15, 0.2) is 0 Å². The van der Waals surface area contributed by atoms with Gasteiger partial charge in [-0.2, -0.15) is 0 Å². The van der Waals surface area contributed by atoms with E-state index in [1.165, 1.54) is 0 Å². The Labute approximate surface area is 230 Å². The fourth-order valence-electron chi connectivity index (χ4n) is 6.62. The quantitative estimate of drug-likeness (QED) is 0.267. The summed E-state index contributed by atoms with van der Waals surface area (Å²) in [6, 6.07) is -1.60. The largest absolute Gasteiger partial charge is 0.394 e. The molecule has 0 saturated carbocycles. The number of halogens is 1. The van der Waals surface area contributed by atoms with Crippen molar-refractivity contribution in [2.45, 2.75) is 88.5 Å². The molecule has 208 valence electrons. The molecule has 3 heterocycles. The Morgan fingerprint density at radius 3 is 2.38 bits per heavy atom. The lowest BCUT2D eigenvalue weighted by atomic mass is 9.70. The maximum atomic E-state index is 14.3. The minimum atomic E-state index is -1.14. The minimum absolute atomic E-state index is 0.126. The highest BCUT2D eigenvalue weighted by atomic mass is 79.9. The molecular formula is C28H44BrN3O5. The number of hydrogen-bond acceptors (Lipinski definition) is 5. The van der Waals surface area contributed by atoms with Crippen molar-refractivity contribution >= 4 is 33.7 Å². The second-order valence-electron chi connectivity index (χ2n) is 11.3. The predicted octanol–water partition coefficient (Wildman–Crippen LogP) is 2.99. The van der Waals surface area contributed by atoms with Gasteiger partial charge in [0.25, 0.3) is 0 Å². The van der Waals surface area contributed by atoms with Crippen molar-refractivity contribution in [2.24, 2.45) is 17.8 Å². The zero-order chi connectivity index (χ0) is 27.7. The Morgan fingerprint density at radius 2 is 1.86 bits per heavy atom. The number of alkyl halides is 1. The van der Waals surface area contributed by atoms with Crippen LogP contribution in [0.4, 0.5) is 0 Å². The molecule has 0 radical (unpaired) electrons. The third-order valence-corrected chi connectivity index (χ3v) is 8.83. The molecule has 3 fully saturated rings. The highest BCUT2D eigenvalue weighted by Gasteiger charge is 2.77. The van der Waals surface area contributed by atoms with E-state index < -0.39 is 35.6 Å². The van der Waals surface area contributed by atoms with Gasteiger partial charge in [-0.15, -0.1) is 13.2 Å². The zero-order valence-electron chi connectivity index (χ0n) is 22.9. The van der Waals surface area contributed by atoms with E-state index in [0.717, 1.165) is 6.42 Å². The number of rotatable bonds is 13. The first-order valence-corrected chi connectivity index (χ1v) is 14.5. The van der Waals surface area contributed by atoms with E-state index in [1.54, 1.807) is 26.9 Å². The average molecular weight is 583 g/mol. The molecular weight excluding hydrogens is 538 g/mol. The van der Waals surface area contributed by atoms with Crippen molar-refractivity contribution in [3.05, 3.63) is 25.3 Å². The Balaban J connectivity index is 2.15. The van der Waals surface area contributed by atoms with E-state index in [9.17, 15) is 19.5 Å². The summed E-state index contributed by atoms with van der Waals surface area (Å²) in [6.07, 6.45) is 4.62. The van der Waals surface area contributed by atoms with Crippen LogP contribution in [0.25, 0.3) is 0 Å². The Hall–Kier alpha value is -1.71. The number of amides is 3. The number of aliphatic hydroxyl groups is 1. The summed E-state index contributed by atoms with van der Waals surface area (Å²) in [7, 11) is 0. The first kappa shape index (κ1) is 29.8. The van der Waals surface area contributed by atoms with Crippen molar-refractivity contribution in [1.82, 2.24) is 14.7 Å². The Kier molecular flexibility index (Phi) is 9.67. The van der Waals surface area contributed by atoms with Crippen LogP contribution < -0.4 is 0 Å². The van der Waals surface area contributed by atoms with E-state index in [2.05, 4.69) is 29.1 Å². The topological polar surface area (TPSA) is 90.4 Å². The highest BCUT2D eigenvalue weighted by molar-refractivity contribution is 9.09. The molecule has 0 aromatic carbocycles. The molecule has 2 bridgehead atoms. The van der Waals surface area contributed by atoms with Gasteiger partial charge >= 0.3 is 0 Å². The number of carbonyl (C=O) groups is 3. The molecule has 0 aromatic rings. The molecule has 3 rings (SSSR count). The van der Waals surface area contributed by atoms with E-state index in [4.69, 9.17) is 4.74 Å². The van der Waals surface area contributed by atoms with Gasteiger partial charge in [0.1, 0.15) is 11.6 Å². The van der Waals surface area contributed by atoms with Crippen LogP contribution in [0.5, 0.6) is 0 Å². The summed E-state index contributed by atoms with van der Waals surface area (Å²) in [5.41, 5.74) is -1.14. The van der Waals surface area contributed by atoms with Crippen LogP contribution in [-0.2, 0) is 19.1 Å². The van der Waals surface area contributed by atoms with Crippen molar-refractivity contribution in [1.29, 1.82) is 0 Å². The molecule has 1 spiro atoms. The van der Waals surface area contributed by atoms with Crippen LogP contribution in [-0.4, -0.2) is 98.4 Å². The maximum Gasteiger partial charge on any atom is 0.248 e. The fraction of sp³-hybridized carbons (Fsp3) is 0.750. The van der Waals surface area contributed by atoms with Crippen LogP contribution in [0.1, 0.15) is 53.9 Å². The van der Waals surface area contributed by atoms with Crippen molar-refractivity contribution < 1.29 is 24.2 Å². The van der Waals surface area contributed by atoms with Crippen molar-refractivity contribution in [3.63, 3.8) is 0 Å². The summed E-state index contributed by atoms with van der Waals surface area (Å²) < 4.78 is 6.64. The summed E-state index contributed by atoms with van der Waals surface area (Å²) in [5.74, 6) is -1.92. The first-order chi connectivity index (χ1) is 17.5.